The van der Waals surface area contributed by atoms with Crippen molar-refractivity contribution in [2.75, 3.05) is 0 Å². The van der Waals surface area contributed by atoms with Gasteiger partial charge in [0.2, 0.25) is 0 Å². The molecule has 0 aliphatic carbocycles. The Labute approximate surface area is 196 Å². The fourth-order valence-corrected chi connectivity index (χ4v) is 5.78. The van der Waals surface area contributed by atoms with Crippen molar-refractivity contribution < 1.29 is 0 Å². The SMILES string of the molecule is N#Cc1cccc(-c2cccc3c2sc2c(-c4ccc(-c5cccnc5)cc4)cccc23)c1. The van der Waals surface area contributed by atoms with Crippen LogP contribution in [0.4, 0.5) is 0 Å². The average Bonchev–Trinajstić information content (AvgIpc) is 3.28. The Kier molecular flexibility index (Phi) is 4.72. The third kappa shape index (κ3) is 3.38. The van der Waals surface area contributed by atoms with E-state index < -0.39 is 0 Å². The molecule has 6 aromatic rings. The molecule has 3 heteroatoms. The molecular weight excluding hydrogens is 420 g/mol. The number of thiophene rings is 1. The van der Waals surface area contributed by atoms with E-state index in [1.54, 1.807) is 6.20 Å². The summed E-state index contributed by atoms with van der Waals surface area (Å²) in [5.41, 5.74) is 7.65. The van der Waals surface area contributed by atoms with Gasteiger partial charge in [-0.1, -0.05) is 78.9 Å². The summed E-state index contributed by atoms with van der Waals surface area (Å²) in [6, 6.07) is 35.9. The number of aromatic nitrogens is 1. The number of rotatable bonds is 3. The van der Waals surface area contributed by atoms with E-state index in [1.807, 2.05) is 41.8 Å². The van der Waals surface area contributed by atoms with Crippen molar-refractivity contribution in [2.45, 2.75) is 0 Å². The summed E-state index contributed by atoms with van der Waals surface area (Å²) in [5, 5.41) is 11.9. The monoisotopic (exact) mass is 438 g/mol. The minimum Gasteiger partial charge on any atom is -0.264 e. The molecule has 0 saturated heterocycles. The second-order valence-electron chi connectivity index (χ2n) is 7.98. The lowest BCUT2D eigenvalue weighted by Gasteiger charge is -2.06. The molecule has 0 spiro atoms. The first-order valence-corrected chi connectivity index (χ1v) is 11.6. The minimum absolute atomic E-state index is 0.681. The fourth-order valence-electron chi connectivity index (χ4n) is 4.41. The van der Waals surface area contributed by atoms with Crippen molar-refractivity contribution in [3.05, 3.63) is 115 Å². The van der Waals surface area contributed by atoms with Crippen LogP contribution in [0.2, 0.25) is 0 Å². The van der Waals surface area contributed by atoms with Crippen molar-refractivity contribution in [2.24, 2.45) is 0 Å². The number of benzene rings is 4. The summed E-state index contributed by atoms with van der Waals surface area (Å²) in [6.07, 6.45) is 3.69. The topological polar surface area (TPSA) is 36.7 Å². The lowest BCUT2D eigenvalue weighted by atomic mass is 9.98. The van der Waals surface area contributed by atoms with Crippen molar-refractivity contribution in [1.82, 2.24) is 4.98 Å². The van der Waals surface area contributed by atoms with Crippen molar-refractivity contribution in [1.29, 1.82) is 5.26 Å². The molecule has 0 saturated carbocycles. The second kappa shape index (κ2) is 8.02. The molecule has 154 valence electrons. The summed E-state index contributed by atoms with van der Waals surface area (Å²) in [5.74, 6) is 0. The van der Waals surface area contributed by atoms with Crippen LogP contribution in [0.15, 0.2) is 109 Å². The smallest absolute Gasteiger partial charge is 0.0991 e. The highest BCUT2D eigenvalue weighted by Crippen LogP contribution is 2.43. The molecular formula is C30H18N2S. The molecule has 0 fully saturated rings. The number of hydrogen-bond donors (Lipinski definition) is 0. The van der Waals surface area contributed by atoms with Crippen molar-refractivity contribution >= 4 is 31.5 Å². The van der Waals surface area contributed by atoms with Crippen LogP contribution in [-0.2, 0) is 0 Å². The normalized spacial score (nSPS) is 11.0. The van der Waals surface area contributed by atoms with Crippen molar-refractivity contribution in [3.8, 4) is 39.4 Å². The quantitative estimate of drug-likeness (QED) is 0.278. The van der Waals surface area contributed by atoms with Gasteiger partial charge in [0.1, 0.15) is 0 Å². The first-order valence-electron chi connectivity index (χ1n) is 10.8. The second-order valence-corrected chi connectivity index (χ2v) is 9.00. The van der Waals surface area contributed by atoms with Gasteiger partial charge in [0.25, 0.3) is 0 Å². The van der Waals surface area contributed by atoms with E-state index in [0.29, 0.717) is 5.56 Å². The molecule has 0 bridgehead atoms. The lowest BCUT2D eigenvalue weighted by Crippen LogP contribution is -1.81. The van der Waals surface area contributed by atoms with E-state index in [0.717, 1.165) is 16.7 Å². The summed E-state index contributed by atoms with van der Waals surface area (Å²) in [4.78, 5) is 4.23. The highest BCUT2D eigenvalue weighted by atomic mass is 32.1. The molecule has 0 radical (unpaired) electrons. The highest BCUT2D eigenvalue weighted by molar-refractivity contribution is 7.26. The Morgan fingerprint density at radius 3 is 1.91 bits per heavy atom. The van der Waals surface area contributed by atoms with Crippen LogP contribution >= 0.6 is 11.3 Å². The van der Waals surface area contributed by atoms with Crippen LogP contribution in [-0.4, -0.2) is 4.98 Å². The maximum atomic E-state index is 9.34. The zero-order valence-electron chi connectivity index (χ0n) is 17.7. The van der Waals surface area contributed by atoms with E-state index in [2.05, 4.69) is 83.8 Å². The molecule has 0 aliphatic rings. The van der Waals surface area contributed by atoms with E-state index in [4.69, 9.17) is 0 Å². The average molecular weight is 439 g/mol. The van der Waals surface area contributed by atoms with Crippen molar-refractivity contribution in [3.63, 3.8) is 0 Å². The summed E-state index contributed by atoms with van der Waals surface area (Å²) in [6.45, 7) is 0. The molecule has 33 heavy (non-hydrogen) atoms. The predicted octanol–water partition coefficient (Wildman–Crippen LogP) is 8.32. The van der Waals surface area contributed by atoms with Gasteiger partial charge >= 0.3 is 0 Å². The molecule has 0 unspecified atom stereocenters. The summed E-state index contributed by atoms with van der Waals surface area (Å²) >= 11 is 1.83. The van der Waals surface area contributed by atoms with Gasteiger partial charge in [-0.2, -0.15) is 5.26 Å². The molecule has 4 aromatic carbocycles. The Balaban J connectivity index is 1.51. The van der Waals surface area contributed by atoms with Crippen LogP contribution in [0.5, 0.6) is 0 Å². The van der Waals surface area contributed by atoms with E-state index in [1.165, 1.54) is 36.9 Å². The molecule has 0 N–H and O–H groups in total. The first-order chi connectivity index (χ1) is 16.3. The summed E-state index contributed by atoms with van der Waals surface area (Å²) < 4.78 is 2.53. The molecule has 0 atom stereocenters. The molecule has 2 aromatic heterocycles. The summed E-state index contributed by atoms with van der Waals surface area (Å²) in [7, 11) is 0. The van der Waals surface area contributed by atoms with Gasteiger partial charge < -0.3 is 0 Å². The zero-order chi connectivity index (χ0) is 22.2. The highest BCUT2D eigenvalue weighted by Gasteiger charge is 2.14. The number of hydrogen-bond acceptors (Lipinski definition) is 3. The molecule has 2 heterocycles. The van der Waals surface area contributed by atoms with Gasteiger partial charge in [-0.25, -0.2) is 0 Å². The third-order valence-electron chi connectivity index (χ3n) is 6.02. The van der Waals surface area contributed by atoms with Gasteiger partial charge in [0.05, 0.1) is 11.6 Å². The molecule has 6 rings (SSSR count). The van der Waals surface area contributed by atoms with Gasteiger partial charge in [-0.05, 0) is 51.6 Å². The van der Waals surface area contributed by atoms with Gasteiger partial charge in [-0.15, -0.1) is 11.3 Å². The maximum absolute atomic E-state index is 9.34. The fraction of sp³-hybridized carbons (Fsp3) is 0. The number of nitrogens with zero attached hydrogens (tertiary/aromatic N) is 2. The van der Waals surface area contributed by atoms with Gasteiger partial charge in [0.15, 0.2) is 0 Å². The van der Waals surface area contributed by atoms with Crippen LogP contribution in [0, 0.1) is 11.3 Å². The minimum atomic E-state index is 0.681. The number of fused-ring (bicyclic) bond motifs is 3. The van der Waals surface area contributed by atoms with Gasteiger partial charge in [0, 0.05) is 32.6 Å². The Morgan fingerprint density at radius 2 is 1.24 bits per heavy atom. The van der Waals surface area contributed by atoms with Crippen LogP contribution in [0.3, 0.4) is 0 Å². The molecule has 0 amide bonds. The standard InChI is InChI=1S/C30H18N2S/c31-18-20-5-1-6-23(17-20)26-9-3-11-28-27-10-2-8-25(29(27)33-30(26)28)22-14-12-21(13-15-22)24-7-4-16-32-19-24/h1-17,19H. The number of nitriles is 1. The number of pyridine rings is 1. The molecule has 0 aliphatic heterocycles. The predicted molar refractivity (Wildman–Crippen MR) is 138 cm³/mol. The Hall–Kier alpha value is -4.26. The van der Waals surface area contributed by atoms with Crippen LogP contribution in [0.1, 0.15) is 5.56 Å². The van der Waals surface area contributed by atoms with Crippen LogP contribution in [0.25, 0.3) is 53.6 Å². The van der Waals surface area contributed by atoms with E-state index in [-0.39, 0.29) is 0 Å². The Bertz CT molecular complexity index is 1660. The largest absolute Gasteiger partial charge is 0.264 e. The lowest BCUT2D eigenvalue weighted by molar-refractivity contribution is 1.33. The zero-order valence-corrected chi connectivity index (χ0v) is 18.5. The maximum Gasteiger partial charge on any atom is 0.0991 e. The van der Waals surface area contributed by atoms with Crippen LogP contribution < -0.4 is 0 Å². The van der Waals surface area contributed by atoms with E-state index in [9.17, 15) is 5.26 Å². The Morgan fingerprint density at radius 1 is 0.606 bits per heavy atom. The molecule has 2 nitrogen and oxygen atoms in total. The third-order valence-corrected chi connectivity index (χ3v) is 7.31. The van der Waals surface area contributed by atoms with Gasteiger partial charge in [-0.3, -0.25) is 4.98 Å². The van der Waals surface area contributed by atoms with E-state index >= 15 is 0 Å². The first kappa shape index (κ1) is 19.4.